The molecule has 0 bridgehead atoms. The fourth-order valence-corrected chi connectivity index (χ4v) is 4.77. The molecule has 3 N–H and O–H groups in total. The second-order valence-electron chi connectivity index (χ2n) is 10.8. The molecule has 1 aliphatic rings. The van der Waals surface area contributed by atoms with Gasteiger partial charge in [-0.25, -0.2) is 14.4 Å². The molecule has 0 saturated carbocycles. The third-order valence-electron chi connectivity index (χ3n) is 6.90. The largest absolute Gasteiger partial charge is 0.389 e. The predicted octanol–water partition coefficient (Wildman–Crippen LogP) is 3.69. The van der Waals surface area contributed by atoms with Crippen LogP contribution in [-0.4, -0.2) is 51.5 Å². The third-order valence-corrected chi connectivity index (χ3v) is 6.90. The minimum absolute atomic E-state index is 0.00955. The van der Waals surface area contributed by atoms with Crippen LogP contribution in [0.4, 0.5) is 10.3 Å². The van der Waals surface area contributed by atoms with Crippen molar-refractivity contribution < 1.29 is 14.2 Å². The van der Waals surface area contributed by atoms with E-state index >= 15 is 0 Å². The standard InChI is InChI=1S/C28H35FN6O3/c1-16(2)35-22-10-18(25-20(29)11-32-27(34-25)33-21-8-9-38-13-24(21)36)6-7-19(22)26(37)17(3)23(35)12-31-15-28(4,5)14-30/h6-7,10-11,16,21,24,31,36H,8-9,12-13,15H2,1-5H3,(H,32,33,34)/t21-,24-/m1/s1. The van der Waals surface area contributed by atoms with Crippen molar-refractivity contribution in [1.82, 2.24) is 19.9 Å². The molecular weight excluding hydrogens is 487 g/mol. The Balaban J connectivity index is 1.76. The van der Waals surface area contributed by atoms with Crippen molar-refractivity contribution in [2.75, 3.05) is 25.1 Å². The number of anilines is 1. The number of nitrogens with zero attached hydrogens (tertiary/aromatic N) is 4. The number of nitriles is 1. The zero-order valence-corrected chi connectivity index (χ0v) is 22.5. The Morgan fingerprint density at radius 2 is 2.13 bits per heavy atom. The quantitative estimate of drug-likeness (QED) is 0.409. The van der Waals surface area contributed by atoms with E-state index in [-0.39, 0.29) is 35.8 Å². The molecule has 0 amide bonds. The molecule has 38 heavy (non-hydrogen) atoms. The van der Waals surface area contributed by atoms with E-state index in [2.05, 4.69) is 31.2 Å². The average molecular weight is 523 g/mol. The van der Waals surface area contributed by atoms with Gasteiger partial charge in [0.05, 0.1) is 42.0 Å². The Labute approximate surface area is 221 Å². The Morgan fingerprint density at radius 3 is 2.82 bits per heavy atom. The fourth-order valence-electron chi connectivity index (χ4n) is 4.77. The lowest BCUT2D eigenvalue weighted by Crippen LogP contribution is -2.42. The Morgan fingerprint density at radius 1 is 1.37 bits per heavy atom. The van der Waals surface area contributed by atoms with Gasteiger partial charge in [0.1, 0.15) is 5.69 Å². The number of halogens is 1. The molecule has 1 aromatic carbocycles. The van der Waals surface area contributed by atoms with Crippen LogP contribution in [0.15, 0.2) is 29.2 Å². The molecule has 10 heteroatoms. The number of ether oxygens (including phenoxy) is 1. The van der Waals surface area contributed by atoms with Crippen LogP contribution >= 0.6 is 0 Å². The zero-order valence-electron chi connectivity index (χ0n) is 22.5. The van der Waals surface area contributed by atoms with Gasteiger partial charge in [0.15, 0.2) is 11.2 Å². The summed E-state index contributed by atoms with van der Waals surface area (Å²) in [7, 11) is 0. The summed E-state index contributed by atoms with van der Waals surface area (Å²) in [5, 5.41) is 26.5. The predicted molar refractivity (Wildman–Crippen MR) is 144 cm³/mol. The van der Waals surface area contributed by atoms with Crippen LogP contribution in [0.25, 0.3) is 22.2 Å². The minimum Gasteiger partial charge on any atom is -0.389 e. The van der Waals surface area contributed by atoms with Crippen molar-refractivity contribution in [3.63, 3.8) is 0 Å². The number of hydrogen-bond donors (Lipinski definition) is 3. The molecule has 1 aliphatic heterocycles. The van der Waals surface area contributed by atoms with Crippen LogP contribution < -0.4 is 16.1 Å². The summed E-state index contributed by atoms with van der Waals surface area (Å²) in [4.78, 5) is 21.8. The van der Waals surface area contributed by atoms with E-state index in [1.54, 1.807) is 18.2 Å². The number of rotatable bonds is 8. The molecule has 3 aromatic rings. The summed E-state index contributed by atoms with van der Waals surface area (Å²) in [6.07, 6.45) is 0.976. The van der Waals surface area contributed by atoms with Gasteiger partial charge in [-0.3, -0.25) is 4.79 Å². The van der Waals surface area contributed by atoms with Crippen molar-refractivity contribution in [1.29, 1.82) is 5.26 Å². The summed E-state index contributed by atoms with van der Waals surface area (Å²) in [5.74, 6) is -0.379. The number of aliphatic hydroxyl groups excluding tert-OH is 1. The molecule has 2 atom stereocenters. The van der Waals surface area contributed by atoms with Crippen LogP contribution in [0.3, 0.4) is 0 Å². The molecule has 0 radical (unpaired) electrons. The number of aliphatic hydroxyl groups is 1. The first kappa shape index (κ1) is 27.6. The van der Waals surface area contributed by atoms with Crippen LogP contribution in [0.5, 0.6) is 0 Å². The molecule has 3 heterocycles. The highest BCUT2D eigenvalue weighted by Gasteiger charge is 2.25. The summed E-state index contributed by atoms with van der Waals surface area (Å²) >= 11 is 0. The number of nitrogens with one attached hydrogen (secondary N) is 2. The number of hydrogen-bond acceptors (Lipinski definition) is 8. The lowest BCUT2D eigenvalue weighted by molar-refractivity contribution is -0.0136. The van der Waals surface area contributed by atoms with Crippen molar-refractivity contribution in [2.24, 2.45) is 5.41 Å². The minimum atomic E-state index is -0.712. The van der Waals surface area contributed by atoms with E-state index in [0.29, 0.717) is 48.1 Å². The number of pyridine rings is 1. The number of aromatic nitrogens is 3. The van der Waals surface area contributed by atoms with Crippen molar-refractivity contribution >= 4 is 16.9 Å². The number of benzene rings is 1. The maximum atomic E-state index is 15.0. The van der Waals surface area contributed by atoms with Crippen LogP contribution in [0.2, 0.25) is 0 Å². The van der Waals surface area contributed by atoms with Gasteiger partial charge in [-0.1, -0.05) is 6.07 Å². The second kappa shape index (κ2) is 11.2. The fraction of sp³-hybridized carbons (Fsp3) is 0.500. The summed E-state index contributed by atoms with van der Waals surface area (Å²) in [6.45, 7) is 11.2. The van der Waals surface area contributed by atoms with Crippen molar-refractivity contribution in [2.45, 2.75) is 65.8 Å². The lowest BCUT2D eigenvalue weighted by Gasteiger charge is -2.28. The van der Waals surface area contributed by atoms with Gasteiger partial charge in [0, 0.05) is 47.9 Å². The van der Waals surface area contributed by atoms with Crippen LogP contribution in [-0.2, 0) is 11.3 Å². The van der Waals surface area contributed by atoms with Gasteiger partial charge >= 0.3 is 0 Å². The molecule has 0 spiro atoms. The molecule has 2 aromatic heterocycles. The highest BCUT2D eigenvalue weighted by atomic mass is 19.1. The first-order valence-corrected chi connectivity index (χ1v) is 12.9. The summed E-state index contributed by atoms with van der Waals surface area (Å²) in [5.41, 5.74) is 2.12. The smallest absolute Gasteiger partial charge is 0.223 e. The van der Waals surface area contributed by atoms with E-state index in [0.717, 1.165) is 11.9 Å². The first-order valence-electron chi connectivity index (χ1n) is 12.9. The average Bonchev–Trinajstić information content (AvgIpc) is 2.88. The summed E-state index contributed by atoms with van der Waals surface area (Å²) < 4.78 is 22.3. The third kappa shape index (κ3) is 5.70. The van der Waals surface area contributed by atoms with Crippen molar-refractivity contribution in [3.05, 3.63) is 51.7 Å². The van der Waals surface area contributed by atoms with E-state index < -0.39 is 17.3 Å². The lowest BCUT2D eigenvalue weighted by atomic mass is 9.96. The molecule has 1 fully saturated rings. The monoisotopic (exact) mass is 522 g/mol. The molecule has 0 aliphatic carbocycles. The van der Waals surface area contributed by atoms with Gasteiger partial charge in [-0.2, -0.15) is 5.26 Å². The van der Waals surface area contributed by atoms with Gasteiger partial charge in [-0.15, -0.1) is 0 Å². The Hall–Kier alpha value is -3.39. The Kier molecular flexibility index (Phi) is 8.11. The Bertz CT molecular complexity index is 1430. The van der Waals surface area contributed by atoms with Crippen LogP contribution in [0.1, 0.15) is 51.4 Å². The summed E-state index contributed by atoms with van der Waals surface area (Å²) in [6, 6.07) is 7.19. The highest BCUT2D eigenvalue weighted by molar-refractivity contribution is 5.85. The van der Waals surface area contributed by atoms with Gasteiger partial charge in [0.2, 0.25) is 5.95 Å². The van der Waals surface area contributed by atoms with E-state index in [1.165, 1.54) is 0 Å². The maximum Gasteiger partial charge on any atom is 0.223 e. The van der Waals surface area contributed by atoms with Crippen molar-refractivity contribution in [3.8, 4) is 17.3 Å². The van der Waals surface area contributed by atoms with Gasteiger partial charge in [-0.05, 0) is 53.2 Å². The first-order chi connectivity index (χ1) is 18.0. The molecule has 4 rings (SSSR count). The van der Waals surface area contributed by atoms with E-state index in [4.69, 9.17) is 4.74 Å². The topological polar surface area (TPSA) is 125 Å². The molecule has 1 saturated heterocycles. The normalized spacial score (nSPS) is 18.1. The van der Waals surface area contributed by atoms with Gasteiger partial charge in [0.25, 0.3) is 0 Å². The number of fused-ring (bicyclic) bond motifs is 1. The zero-order chi connectivity index (χ0) is 27.6. The molecular formula is C28H35FN6O3. The molecule has 0 unspecified atom stereocenters. The second-order valence-corrected chi connectivity index (χ2v) is 10.8. The molecule has 9 nitrogen and oxygen atoms in total. The van der Waals surface area contributed by atoms with E-state index in [9.17, 15) is 19.6 Å². The highest BCUT2D eigenvalue weighted by Crippen LogP contribution is 2.28. The van der Waals surface area contributed by atoms with Crippen LogP contribution in [0, 0.1) is 29.5 Å². The van der Waals surface area contributed by atoms with Gasteiger partial charge < -0.3 is 25.0 Å². The maximum absolute atomic E-state index is 15.0. The SMILES string of the molecule is Cc1c(CNCC(C)(C)C#N)n(C(C)C)c2cc(-c3nc(N[C@@H]4CCOC[C@H]4O)ncc3F)ccc2c1=O. The van der Waals surface area contributed by atoms with E-state index in [1.807, 2.05) is 34.6 Å². The molecule has 202 valence electrons.